The lowest BCUT2D eigenvalue weighted by atomic mass is 9.70. The van der Waals surface area contributed by atoms with Gasteiger partial charge in [-0.25, -0.2) is 0 Å². The molecule has 1 heterocycles. The summed E-state index contributed by atoms with van der Waals surface area (Å²) in [5.74, 6) is 1.90. The van der Waals surface area contributed by atoms with E-state index in [4.69, 9.17) is 13.9 Å². The number of hydrogen-bond donors (Lipinski definition) is 0. The molecule has 0 aliphatic heterocycles. The van der Waals surface area contributed by atoms with E-state index in [9.17, 15) is 4.79 Å². The van der Waals surface area contributed by atoms with Gasteiger partial charge in [-0.05, 0) is 59.5 Å². The third kappa shape index (κ3) is 3.40. The second-order valence-corrected chi connectivity index (χ2v) is 7.81. The summed E-state index contributed by atoms with van der Waals surface area (Å²) in [5, 5.41) is 1.07. The van der Waals surface area contributed by atoms with Crippen molar-refractivity contribution in [3.63, 3.8) is 0 Å². The van der Waals surface area contributed by atoms with E-state index in [0.717, 1.165) is 39.2 Å². The first-order valence-corrected chi connectivity index (χ1v) is 10.2. The Hall–Kier alpha value is -3.79. The molecular weight excluding hydrogens is 388 g/mol. The molecule has 0 fully saturated rings. The normalized spacial score (nSPS) is 17.4. The van der Waals surface area contributed by atoms with E-state index in [1.807, 2.05) is 48.5 Å². The van der Waals surface area contributed by atoms with Gasteiger partial charge in [0.1, 0.15) is 22.8 Å². The van der Waals surface area contributed by atoms with Crippen LogP contribution in [0.15, 0.2) is 83.3 Å². The molecule has 5 rings (SSSR count). The van der Waals surface area contributed by atoms with Crippen LogP contribution < -0.4 is 9.47 Å². The molecule has 1 unspecified atom stereocenters. The van der Waals surface area contributed by atoms with Crippen LogP contribution in [0, 0.1) is 0 Å². The first-order valence-electron chi connectivity index (χ1n) is 10.2. The van der Waals surface area contributed by atoms with Gasteiger partial charge in [0.15, 0.2) is 0 Å². The van der Waals surface area contributed by atoms with Gasteiger partial charge in [0, 0.05) is 12.3 Å². The second kappa shape index (κ2) is 7.47. The zero-order chi connectivity index (χ0) is 21.4. The Balaban J connectivity index is 1.67. The molecule has 0 bridgehead atoms. The Labute approximate surface area is 180 Å². The molecule has 1 aliphatic rings. The predicted molar refractivity (Wildman–Crippen MR) is 120 cm³/mol. The first-order chi connectivity index (χ1) is 15.1. The van der Waals surface area contributed by atoms with Gasteiger partial charge in [-0.2, -0.15) is 0 Å². The summed E-state index contributed by atoms with van der Waals surface area (Å²) in [5.41, 5.74) is 3.67. The molecule has 154 valence electrons. The van der Waals surface area contributed by atoms with Gasteiger partial charge in [-0.1, -0.05) is 48.6 Å². The Morgan fingerprint density at radius 1 is 0.968 bits per heavy atom. The molecule has 3 aromatic carbocycles. The van der Waals surface area contributed by atoms with Gasteiger partial charge in [0.25, 0.3) is 0 Å². The number of rotatable bonds is 4. The van der Waals surface area contributed by atoms with Gasteiger partial charge in [0.2, 0.25) is 0 Å². The maximum Gasteiger partial charge on any atom is 0.308 e. The number of hydrogen-bond acceptors (Lipinski definition) is 4. The quantitative estimate of drug-likeness (QED) is 0.309. The van der Waals surface area contributed by atoms with Crippen LogP contribution >= 0.6 is 0 Å². The number of fused-ring (bicyclic) bond motifs is 2. The van der Waals surface area contributed by atoms with Crippen LogP contribution in [0.1, 0.15) is 29.4 Å². The molecule has 0 saturated carbocycles. The molecule has 0 N–H and O–H groups in total. The molecule has 4 aromatic rings. The van der Waals surface area contributed by atoms with E-state index < -0.39 is 5.41 Å². The minimum atomic E-state index is -0.493. The van der Waals surface area contributed by atoms with Crippen LogP contribution in [0.2, 0.25) is 0 Å². The number of allylic oxidation sites excluding steroid dienone is 1. The van der Waals surface area contributed by atoms with Gasteiger partial charge in [-0.15, -0.1) is 0 Å². The van der Waals surface area contributed by atoms with Crippen molar-refractivity contribution in [2.45, 2.75) is 18.8 Å². The number of furan rings is 1. The molecule has 4 nitrogen and oxygen atoms in total. The van der Waals surface area contributed by atoms with Crippen molar-refractivity contribution in [2.24, 2.45) is 0 Å². The van der Waals surface area contributed by atoms with Crippen molar-refractivity contribution >= 4 is 23.0 Å². The molecule has 1 atom stereocenters. The number of benzene rings is 3. The third-order valence-corrected chi connectivity index (χ3v) is 5.86. The van der Waals surface area contributed by atoms with Crippen LogP contribution in [-0.2, 0) is 16.6 Å². The monoisotopic (exact) mass is 410 g/mol. The molecule has 1 aromatic heterocycles. The highest BCUT2D eigenvalue weighted by Gasteiger charge is 2.38. The largest absolute Gasteiger partial charge is 0.497 e. The van der Waals surface area contributed by atoms with Crippen molar-refractivity contribution in [1.82, 2.24) is 0 Å². The molecule has 31 heavy (non-hydrogen) atoms. The van der Waals surface area contributed by atoms with E-state index in [2.05, 4.69) is 36.4 Å². The predicted octanol–water partition coefficient (Wildman–Crippen LogP) is 5.92. The summed E-state index contributed by atoms with van der Waals surface area (Å²) in [7, 11) is 1.66. The van der Waals surface area contributed by atoms with E-state index in [1.165, 1.54) is 6.92 Å². The van der Waals surface area contributed by atoms with Crippen LogP contribution in [0.4, 0.5) is 0 Å². The lowest BCUT2D eigenvalue weighted by Gasteiger charge is -2.33. The zero-order valence-corrected chi connectivity index (χ0v) is 17.4. The van der Waals surface area contributed by atoms with Crippen LogP contribution in [0.3, 0.4) is 0 Å². The van der Waals surface area contributed by atoms with Crippen LogP contribution in [0.25, 0.3) is 17.0 Å². The lowest BCUT2D eigenvalue weighted by molar-refractivity contribution is -0.131. The summed E-state index contributed by atoms with van der Waals surface area (Å²) in [6.07, 6.45) is 5.01. The van der Waals surface area contributed by atoms with Crippen molar-refractivity contribution < 1.29 is 18.7 Å². The van der Waals surface area contributed by atoms with Crippen molar-refractivity contribution in [2.75, 3.05) is 7.11 Å². The maximum absolute atomic E-state index is 11.4. The van der Waals surface area contributed by atoms with E-state index in [0.29, 0.717) is 12.2 Å². The number of esters is 1. The molecular formula is C27H22O4. The Morgan fingerprint density at radius 3 is 2.48 bits per heavy atom. The van der Waals surface area contributed by atoms with E-state index in [-0.39, 0.29) is 5.97 Å². The van der Waals surface area contributed by atoms with Gasteiger partial charge in [0.05, 0.1) is 12.5 Å². The van der Waals surface area contributed by atoms with Gasteiger partial charge < -0.3 is 13.9 Å². The summed E-state index contributed by atoms with van der Waals surface area (Å²) in [6, 6.07) is 24.0. The smallest absolute Gasteiger partial charge is 0.308 e. The molecule has 4 heteroatoms. The standard InChI is InChI=1S/C27H22O4/c1-18(28)30-24-10-7-19-13-14-27(17-21(19)15-24,22-8-11-23(29-2)12-9-22)26-16-20-5-3-4-6-25(20)31-26/h3-16H,17H2,1-2H3. The number of ether oxygens (including phenoxy) is 2. The van der Waals surface area contributed by atoms with Gasteiger partial charge >= 0.3 is 5.97 Å². The van der Waals surface area contributed by atoms with E-state index >= 15 is 0 Å². The zero-order valence-electron chi connectivity index (χ0n) is 17.4. The molecule has 1 aliphatic carbocycles. The molecule has 0 amide bonds. The highest BCUT2D eigenvalue weighted by molar-refractivity contribution is 5.79. The SMILES string of the molecule is COc1ccc(C2(c3cc4ccccc4o3)C=Cc3ccc(OC(C)=O)cc3C2)cc1. The van der Waals surface area contributed by atoms with Crippen molar-refractivity contribution in [3.05, 3.63) is 101 Å². The molecule has 0 spiro atoms. The van der Waals surface area contributed by atoms with Gasteiger partial charge in [-0.3, -0.25) is 4.79 Å². The third-order valence-electron chi connectivity index (χ3n) is 5.86. The summed E-state index contributed by atoms with van der Waals surface area (Å²) >= 11 is 0. The average molecular weight is 410 g/mol. The van der Waals surface area contributed by atoms with E-state index in [1.54, 1.807) is 7.11 Å². The fourth-order valence-corrected chi connectivity index (χ4v) is 4.32. The van der Waals surface area contributed by atoms with Crippen LogP contribution in [-0.4, -0.2) is 13.1 Å². The lowest BCUT2D eigenvalue weighted by Crippen LogP contribution is -2.30. The minimum Gasteiger partial charge on any atom is -0.497 e. The van der Waals surface area contributed by atoms with Crippen molar-refractivity contribution in [3.8, 4) is 11.5 Å². The van der Waals surface area contributed by atoms with Crippen LogP contribution in [0.5, 0.6) is 11.5 Å². The summed E-state index contributed by atoms with van der Waals surface area (Å²) in [6.45, 7) is 1.41. The number of para-hydroxylation sites is 1. The maximum atomic E-state index is 11.4. The fourth-order valence-electron chi connectivity index (χ4n) is 4.32. The fraction of sp³-hybridized carbons (Fsp3) is 0.148. The summed E-state index contributed by atoms with van der Waals surface area (Å²) < 4.78 is 17.1. The number of carbonyl (C=O) groups is 1. The number of methoxy groups -OCH3 is 1. The second-order valence-electron chi connectivity index (χ2n) is 7.81. The Kier molecular flexibility index (Phi) is 4.63. The number of carbonyl (C=O) groups excluding carboxylic acids is 1. The topological polar surface area (TPSA) is 48.7 Å². The Bertz CT molecular complexity index is 1260. The van der Waals surface area contributed by atoms with Crippen molar-refractivity contribution in [1.29, 1.82) is 0 Å². The first kappa shape index (κ1) is 19.2. The minimum absolute atomic E-state index is 0.329. The highest BCUT2D eigenvalue weighted by Crippen LogP contribution is 2.44. The highest BCUT2D eigenvalue weighted by atomic mass is 16.5. The molecule has 0 saturated heterocycles. The summed E-state index contributed by atoms with van der Waals surface area (Å²) in [4.78, 5) is 11.4. The Morgan fingerprint density at radius 2 is 1.74 bits per heavy atom. The molecule has 0 radical (unpaired) electrons. The average Bonchev–Trinajstić information content (AvgIpc) is 3.23.